The summed E-state index contributed by atoms with van der Waals surface area (Å²) in [7, 11) is 0. The second-order valence-corrected chi connectivity index (χ2v) is 6.29. The van der Waals surface area contributed by atoms with E-state index < -0.39 is 0 Å². The van der Waals surface area contributed by atoms with Crippen LogP contribution in [0.4, 0.5) is 0 Å². The molecule has 134 valence electrons. The lowest BCUT2D eigenvalue weighted by Crippen LogP contribution is -2.23. The van der Waals surface area contributed by atoms with Crippen molar-refractivity contribution < 1.29 is 13.9 Å². The number of ether oxygens (including phenoxy) is 1. The number of nitrogens with zero attached hydrogens (tertiary/aromatic N) is 3. The van der Waals surface area contributed by atoms with Crippen LogP contribution in [0.25, 0.3) is 11.5 Å². The van der Waals surface area contributed by atoms with Crippen molar-refractivity contribution in [2.45, 2.75) is 6.54 Å². The Bertz CT molecular complexity index is 1020. The van der Waals surface area contributed by atoms with E-state index in [9.17, 15) is 4.79 Å². The van der Waals surface area contributed by atoms with Gasteiger partial charge in [0.1, 0.15) is 11.4 Å². The quantitative estimate of drug-likeness (QED) is 0.547. The number of furan rings is 1. The fraction of sp³-hybridized carbons (Fsp3) is 0.0526. The molecule has 4 rings (SSSR count). The summed E-state index contributed by atoms with van der Waals surface area (Å²) in [6.45, 7) is 0.236. The Balaban J connectivity index is 1.41. The average Bonchev–Trinajstić information content (AvgIpc) is 3.41. The highest BCUT2D eigenvalue weighted by Crippen LogP contribution is 2.23. The van der Waals surface area contributed by atoms with Crippen molar-refractivity contribution in [2.75, 3.05) is 0 Å². The lowest BCUT2D eigenvalue weighted by atomic mass is 10.2. The maximum absolute atomic E-state index is 12.4. The van der Waals surface area contributed by atoms with E-state index in [0.717, 1.165) is 0 Å². The van der Waals surface area contributed by atoms with Crippen molar-refractivity contribution >= 4 is 17.2 Å². The molecule has 0 radical (unpaired) electrons. The Morgan fingerprint density at radius 2 is 1.93 bits per heavy atom. The largest absolute Gasteiger partial charge is 0.463 e. The van der Waals surface area contributed by atoms with Crippen LogP contribution in [0.15, 0.2) is 71.0 Å². The highest BCUT2D eigenvalue weighted by molar-refractivity contribution is 7.11. The lowest BCUT2D eigenvalue weighted by Gasteiger charge is -2.08. The van der Waals surface area contributed by atoms with Gasteiger partial charge in [-0.15, -0.1) is 0 Å². The van der Waals surface area contributed by atoms with E-state index in [-0.39, 0.29) is 12.5 Å². The predicted molar refractivity (Wildman–Crippen MR) is 99.5 cm³/mol. The third kappa shape index (κ3) is 4.01. The summed E-state index contributed by atoms with van der Waals surface area (Å²) in [5.41, 5.74) is 1.75. The molecule has 0 saturated carbocycles. The molecular formula is C19H14N4O3S. The molecule has 1 aromatic carbocycles. The van der Waals surface area contributed by atoms with Gasteiger partial charge in [-0.2, -0.15) is 0 Å². The molecule has 0 aliphatic heterocycles. The molecule has 0 saturated heterocycles. The van der Waals surface area contributed by atoms with Crippen LogP contribution in [-0.4, -0.2) is 20.9 Å². The van der Waals surface area contributed by atoms with Crippen molar-refractivity contribution in [3.8, 4) is 22.4 Å². The van der Waals surface area contributed by atoms with E-state index in [4.69, 9.17) is 9.15 Å². The third-order valence-electron chi connectivity index (χ3n) is 3.68. The van der Waals surface area contributed by atoms with Crippen molar-refractivity contribution in [2.24, 2.45) is 0 Å². The average molecular weight is 378 g/mol. The van der Waals surface area contributed by atoms with Crippen LogP contribution in [0.3, 0.4) is 0 Å². The number of carbonyl (C=O) groups is 1. The molecule has 3 aromatic heterocycles. The van der Waals surface area contributed by atoms with E-state index >= 15 is 0 Å². The molecule has 1 N–H and O–H groups in total. The third-order valence-corrected chi connectivity index (χ3v) is 4.32. The van der Waals surface area contributed by atoms with Gasteiger partial charge in [-0.25, -0.2) is 9.97 Å². The topological polar surface area (TPSA) is 90.1 Å². The Labute approximate surface area is 158 Å². The van der Waals surface area contributed by atoms with Gasteiger partial charge < -0.3 is 14.5 Å². The summed E-state index contributed by atoms with van der Waals surface area (Å²) in [5, 5.41) is 5.24. The van der Waals surface area contributed by atoms with Crippen molar-refractivity contribution in [3.05, 3.63) is 77.9 Å². The van der Waals surface area contributed by atoms with Crippen molar-refractivity contribution in [1.82, 2.24) is 20.3 Å². The SMILES string of the molecule is O=C(NCc1nccnc1-c1ccco1)c1ccc(Oc2nccs2)cc1. The first-order valence-electron chi connectivity index (χ1n) is 8.09. The van der Waals surface area contributed by atoms with Gasteiger partial charge in [-0.05, 0) is 36.4 Å². The van der Waals surface area contributed by atoms with E-state index in [1.165, 1.54) is 11.3 Å². The summed E-state index contributed by atoms with van der Waals surface area (Å²) in [4.78, 5) is 25.1. The molecule has 0 bridgehead atoms. The standard InChI is InChI=1S/C19H14N4O3S/c24-18(13-3-5-14(6-4-13)26-19-22-9-11-27-19)23-12-15-17(21-8-7-20-15)16-2-1-10-25-16/h1-11H,12H2,(H,23,24). The number of nitrogens with one attached hydrogen (secondary N) is 1. The molecule has 0 atom stereocenters. The molecule has 0 aliphatic carbocycles. The van der Waals surface area contributed by atoms with Crippen molar-refractivity contribution in [1.29, 1.82) is 0 Å². The van der Waals surface area contributed by atoms with Crippen LogP contribution in [0.2, 0.25) is 0 Å². The van der Waals surface area contributed by atoms with Crippen LogP contribution in [-0.2, 0) is 6.54 Å². The molecular weight excluding hydrogens is 364 g/mol. The van der Waals surface area contributed by atoms with Gasteiger partial charge >= 0.3 is 0 Å². The Kier molecular flexibility index (Phi) is 4.88. The van der Waals surface area contributed by atoms with Gasteiger partial charge in [0, 0.05) is 29.5 Å². The Morgan fingerprint density at radius 3 is 2.67 bits per heavy atom. The monoisotopic (exact) mass is 378 g/mol. The summed E-state index contributed by atoms with van der Waals surface area (Å²) >= 11 is 1.40. The minimum absolute atomic E-state index is 0.216. The fourth-order valence-corrected chi connectivity index (χ4v) is 2.92. The first-order valence-corrected chi connectivity index (χ1v) is 8.97. The highest BCUT2D eigenvalue weighted by Gasteiger charge is 2.12. The van der Waals surface area contributed by atoms with Gasteiger partial charge in [0.05, 0.1) is 18.5 Å². The zero-order valence-corrected chi connectivity index (χ0v) is 14.8. The first-order chi connectivity index (χ1) is 13.3. The zero-order chi connectivity index (χ0) is 18.5. The normalized spacial score (nSPS) is 10.5. The Morgan fingerprint density at radius 1 is 1.07 bits per heavy atom. The van der Waals surface area contributed by atoms with Crippen molar-refractivity contribution in [3.63, 3.8) is 0 Å². The number of hydrogen-bond donors (Lipinski definition) is 1. The first kappa shape index (κ1) is 16.9. The second kappa shape index (κ2) is 7.79. The van der Waals surface area contributed by atoms with Gasteiger partial charge in [0.25, 0.3) is 11.1 Å². The summed E-state index contributed by atoms with van der Waals surface area (Å²) in [6.07, 6.45) is 6.41. The number of thiazole rings is 1. The fourth-order valence-electron chi connectivity index (χ4n) is 2.42. The molecule has 8 heteroatoms. The van der Waals surface area contributed by atoms with Gasteiger partial charge in [0.2, 0.25) is 0 Å². The van der Waals surface area contributed by atoms with Crippen LogP contribution < -0.4 is 10.1 Å². The van der Waals surface area contributed by atoms with E-state index in [2.05, 4.69) is 20.3 Å². The number of hydrogen-bond acceptors (Lipinski definition) is 7. The van der Waals surface area contributed by atoms with Crippen LogP contribution in [0, 0.1) is 0 Å². The maximum Gasteiger partial charge on any atom is 0.278 e. The smallest absolute Gasteiger partial charge is 0.278 e. The summed E-state index contributed by atoms with van der Waals surface area (Å²) < 4.78 is 11.0. The number of aromatic nitrogens is 3. The molecule has 3 heterocycles. The minimum atomic E-state index is -0.216. The molecule has 0 aliphatic rings. The minimum Gasteiger partial charge on any atom is -0.463 e. The lowest BCUT2D eigenvalue weighted by molar-refractivity contribution is 0.0950. The number of rotatable bonds is 6. The highest BCUT2D eigenvalue weighted by atomic mass is 32.1. The maximum atomic E-state index is 12.4. The molecule has 7 nitrogen and oxygen atoms in total. The van der Waals surface area contributed by atoms with E-state index in [1.54, 1.807) is 61.3 Å². The van der Waals surface area contributed by atoms with E-state index in [1.807, 2.05) is 5.38 Å². The van der Waals surface area contributed by atoms with Gasteiger partial charge in [-0.3, -0.25) is 9.78 Å². The van der Waals surface area contributed by atoms with Gasteiger partial charge in [-0.1, -0.05) is 11.3 Å². The predicted octanol–water partition coefficient (Wildman–Crippen LogP) is 3.92. The molecule has 0 unspecified atom stereocenters. The van der Waals surface area contributed by atoms with Crippen LogP contribution >= 0.6 is 11.3 Å². The second-order valence-electron chi connectivity index (χ2n) is 5.44. The Hall–Kier alpha value is -3.52. The molecule has 27 heavy (non-hydrogen) atoms. The number of amides is 1. The molecule has 0 spiro atoms. The molecule has 4 aromatic rings. The number of carbonyl (C=O) groups excluding carboxylic acids is 1. The summed E-state index contributed by atoms with van der Waals surface area (Å²) in [6, 6.07) is 10.4. The van der Waals surface area contributed by atoms with Gasteiger partial charge in [0.15, 0.2) is 5.76 Å². The number of benzene rings is 1. The summed E-state index contributed by atoms with van der Waals surface area (Å²) in [5.74, 6) is 1.01. The van der Waals surface area contributed by atoms with Crippen LogP contribution in [0.1, 0.15) is 16.1 Å². The molecule has 1 amide bonds. The van der Waals surface area contributed by atoms with Crippen LogP contribution in [0.5, 0.6) is 10.9 Å². The van der Waals surface area contributed by atoms with E-state index in [0.29, 0.717) is 33.7 Å². The zero-order valence-electron chi connectivity index (χ0n) is 14.0. The molecule has 0 fully saturated rings.